The number of nitrogens with one attached hydrogen (secondary N) is 1. The van der Waals surface area contributed by atoms with Crippen LogP contribution < -0.4 is 11.1 Å². The van der Waals surface area contributed by atoms with Gasteiger partial charge in [0.05, 0.1) is 5.69 Å². The van der Waals surface area contributed by atoms with Gasteiger partial charge in [-0.3, -0.25) is 0 Å². The summed E-state index contributed by atoms with van der Waals surface area (Å²) in [4.78, 5) is 7.76. The van der Waals surface area contributed by atoms with E-state index < -0.39 is 0 Å². The molecule has 0 aliphatic heterocycles. The predicted molar refractivity (Wildman–Crippen MR) is 60.6 cm³/mol. The molecule has 16 heavy (non-hydrogen) atoms. The van der Waals surface area contributed by atoms with Crippen LogP contribution in [0.4, 0.5) is 10.2 Å². The lowest BCUT2D eigenvalue weighted by Gasteiger charge is -2.12. The Bertz CT molecular complexity index is 365. The van der Waals surface area contributed by atoms with Gasteiger partial charge in [0.25, 0.3) is 0 Å². The average Bonchev–Trinajstić information content (AvgIpc) is 3.11. The number of hydrogen-bond acceptors (Lipinski definition) is 4. The smallest absolute Gasteiger partial charge is 0.186 e. The maximum atomic E-state index is 13.7. The van der Waals surface area contributed by atoms with Crippen LogP contribution in [0.3, 0.4) is 0 Å². The van der Waals surface area contributed by atoms with Crippen molar-refractivity contribution in [3.63, 3.8) is 0 Å². The van der Waals surface area contributed by atoms with E-state index in [1.807, 2.05) is 6.92 Å². The lowest BCUT2D eigenvalue weighted by molar-refractivity contribution is 0.586. The second kappa shape index (κ2) is 4.74. The molecule has 1 fully saturated rings. The SMILES string of the molecule is CCc1ncnc(NCC(N)C2CC2)c1F. The van der Waals surface area contributed by atoms with Crippen molar-refractivity contribution >= 4 is 5.82 Å². The van der Waals surface area contributed by atoms with E-state index in [1.165, 1.54) is 19.2 Å². The van der Waals surface area contributed by atoms with E-state index in [9.17, 15) is 4.39 Å². The topological polar surface area (TPSA) is 63.8 Å². The number of aromatic nitrogens is 2. The Hall–Kier alpha value is -1.23. The number of nitrogens with zero attached hydrogens (tertiary/aromatic N) is 2. The quantitative estimate of drug-likeness (QED) is 0.792. The predicted octanol–water partition coefficient (Wildman–Crippen LogP) is 1.33. The van der Waals surface area contributed by atoms with Crippen molar-refractivity contribution in [1.82, 2.24) is 9.97 Å². The van der Waals surface area contributed by atoms with E-state index in [0.717, 1.165) is 0 Å². The molecule has 1 saturated carbocycles. The van der Waals surface area contributed by atoms with Crippen LogP contribution in [0, 0.1) is 11.7 Å². The standard InChI is InChI=1S/C11H17FN4/c1-2-9-10(12)11(16-6-15-9)14-5-8(13)7-3-4-7/h6-8H,2-5,13H2,1H3,(H,14,15,16). The third kappa shape index (κ3) is 2.47. The van der Waals surface area contributed by atoms with Crippen molar-refractivity contribution in [2.24, 2.45) is 11.7 Å². The van der Waals surface area contributed by atoms with Crippen molar-refractivity contribution in [1.29, 1.82) is 0 Å². The first-order valence-electron chi connectivity index (χ1n) is 5.71. The molecule has 1 aromatic heterocycles. The van der Waals surface area contributed by atoms with Crippen molar-refractivity contribution in [3.8, 4) is 0 Å². The molecule has 3 N–H and O–H groups in total. The first kappa shape index (κ1) is 11.3. The Morgan fingerprint density at radius 2 is 2.31 bits per heavy atom. The van der Waals surface area contributed by atoms with Gasteiger partial charge in [0.1, 0.15) is 6.33 Å². The maximum absolute atomic E-state index is 13.7. The highest BCUT2D eigenvalue weighted by Crippen LogP contribution is 2.31. The van der Waals surface area contributed by atoms with Crippen LogP contribution in [0.2, 0.25) is 0 Å². The highest BCUT2D eigenvalue weighted by Gasteiger charge is 2.28. The van der Waals surface area contributed by atoms with E-state index in [4.69, 9.17) is 5.73 Å². The van der Waals surface area contributed by atoms with Crippen molar-refractivity contribution < 1.29 is 4.39 Å². The van der Waals surface area contributed by atoms with Crippen molar-refractivity contribution in [2.45, 2.75) is 32.2 Å². The zero-order chi connectivity index (χ0) is 11.5. The van der Waals surface area contributed by atoms with Gasteiger partial charge < -0.3 is 11.1 Å². The minimum absolute atomic E-state index is 0.0967. The number of halogens is 1. The highest BCUT2D eigenvalue weighted by molar-refractivity contribution is 5.37. The molecule has 1 aliphatic rings. The second-order valence-electron chi connectivity index (χ2n) is 4.22. The van der Waals surface area contributed by atoms with Crippen LogP contribution in [0.5, 0.6) is 0 Å². The van der Waals surface area contributed by atoms with Gasteiger partial charge >= 0.3 is 0 Å². The van der Waals surface area contributed by atoms with Gasteiger partial charge in [0, 0.05) is 12.6 Å². The van der Waals surface area contributed by atoms with Crippen LogP contribution in [-0.2, 0) is 6.42 Å². The van der Waals surface area contributed by atoms with Gasteiger partial charge in [0.2, 0.25) is 0 Å². The van der Waals surface area contributed by atoms with Crippen molar-refractivity contribution in [3.05, 3.63) is 17.8 Å². The average molecular weight is 224 g/mol. The summed E-state index contributed by atoms with van der Waals surface area (Å²) >= 11 is 0. The summed E-state index contributed by atoms with van der Waals surface area (Å²) in [6.07, 6.45) is 4.33. The molecule has 1 aliphatic carbocycles. The molecule has 0 spiro atoms. The van der Waals surface area contributed by atoms with Gasteiger partial charge in [-0.05, 0) is 25.2 Å². The number of anilines is 1. The van der Waals surface area contributed by atoms with Gasteiger partial charge in [-0.2, -0.15) is 0 Å². The van der Waals surface area contributed by atoms with Gasteiger partial charge in [-0.1, -0.05) is 6.92 Å². The molecule has 88 valence electrons. The van der Waals surface area contributed by atoms with Crippen LogP contribution in [0.1, 0.15) is 25.5 Å². The number of hydrogen-bond donors (Lipinski definition) is 2. The van der Waals surface area contributed by atoms with Gasteiger partial charge in [0.15, 0.2) is 11.6 Å². The summed E-state index contributed by atoms with van der Waals surface area (Å²) in [5, 5.41) is 2.96. The van der Waals surface area contributed by atoms with E-state index >= 15 is 0 Å². The van der Waals surface area contributed by atoms with Crippen LogP contribution in [-0.4, -0.2) is 22.6 Å². The minimum atomic E-state index is -0.354. The molecular formula is C11H17FN4. The van der Waals surface area contributed by atoms with E-state index in [-0.39, 0.29) is 17.7 Å². The second-order valence-corrected chi connectivity index (χ2v) is 4.22. The zero-order valence-electron chi connectivity index (χ0n) is 9.41. The molecule has 1 unspecified atom stereocenters. The molecule has 1 aromatic rings. The lowest BCUT2D eigenvalue weighted by atomic mass is 10.2. The summed E-state index contributed by atoms with van der Waals surface area (Å²) in [5.74, 6) is 0.513. The molecule has 0 bridgehead atoms. The highest BCUT2D eigenvalue weighted by atomic mass is 19.1. The monoisotopic (exact) mass is 224 g/mol. The Morgan fingerprint density at radius 3 is 2.94 bits per heavy atom. The van der Waals surface area contributed by atoms with Gasteiger partial charge in [-0.15, -0.1) is 0 Å². The zero-order valence-corrected chi connectivity index (χ0v) is 9.41. The molecule has 0 amide bonds. The first-order valence-corrected chi connectivity index (χ1v) is 5.71. The fourth-order valence-electron chi connectivity index (χ4n) is 1.68. The molecule has 5 heteroatoms. The van der Waals surface area contributed by atoms with Crippen LogP contribution in [0.15, 0.2) is 6.33 Å². The van der Waals surface area contributed by atoms with Crippen LogP contribution in [0.25, 0.3) is 0 Å². The molecular weight excluding hydrogens is 207 g/mol. The largest absolute Gasteiger partial charge is 0.366 e. The Labute approximate surface area is 94.5 Å². The first-order chi connectivity index (χ1) is 7.72. The molecule has 4 nitrogen and oxygen atoms in total. The van der Waals surface area contributed by atoms with Gasteiger partial charge in [-0.25, -0.2) is 14.4 Å². The molecule has 0 radical (unpaired) electrons. The summed E-state index contributed by atoms with van der Waals surface area (Å²) in [6, 6.07) is 0.0967. The number of rotatable bonds is 5. The number of aryl methyl sites for hydroxylation is 1. The maximum Gasteiger partial charge on any atom is 0.186 e. The summed E-state index contributed by atoms with van der Waals surface area (Å²) in [6.45, 7) is 2.44. The van der Waals surface area contributed by atoms with E-state index in [0.29, 0.717) is 24.6 Å². The Kier molecular flexibility index (Phi) is 3.33. The normalized spacial score (nSPS) is 17.2. The van der Waals surface area contributed by atoms with Crippen LogP contribution >= 0.6 is 0 Å². The van der Waals surface area contributed by atoms with E-state index in [1.54, 1.807) is 0 Å². The Balaban J connectivity index is 1.97. The lowest BCUT2D eigenvalue weighted by Crippen LogP contribution is -2.31. The fourth-order valence-corrected chi connectivity index (χ4v) is 1.68. The third-order valence-electron chi connectivity index (χ3n) is 2.93. The molecule has 1 heterocycles. The summed E-state index contributed by atoms with van der Waals surface area (Å²) in [7, 11) is 0. The third-order valence-corrected chi connectivity index (χ3v) is 2.93. The minimum Gasteiger partial charge on any atom is -0.366 e. The molecule has 0 saturated heterocycles. The van der Waals surface area contributed by atoms with Crippen molar-refractivity contribution in [2.75, 3.05) is 11.9 Å². The fraction of sp³-hybridized carbons (Fsp3) is 0.636. The summed E-state index contributed by atoms with van der Waals surface area (Å²) < 4.78 is 13.7. The number of nitrogens with two attached hydrogens (primary N) is 1. The van der Waals surface area contributed by atoms with E-state index in [2.05, 4.69) is 15.3 Å². The summed E-state index contributed by atoms with van der Waals surface area (Å²) in [5.41, 5.74) is 6.36. The molecule has 2 rings (SSSR count). The molecule has 0 aromatic carbocycles. The Morgan fingerprint density at radius 1 is 1.56 bits per heavy atom. The molecule has 1 atom stereocenters.